The van der Waals surface area contributed by atoms with E-state index in [0.29, 0.717) is 5.92 Å². The van der Waals surface area contributed by atoms with Crippen LogP contribution in [0.3, 0.4) is 0 Å². The molecule has 92 valence electrons. The molecule has 3 nitrogen and oxygen atoms in total. The van der Waals surface area contributed by atoms with Crippen LogP contribution in [-0.4, -0.2) is 16.7 Å². The SMILES string of the molecule is CCC(C)(C)c1nnc(CNCC(C)C)s1. The summed E-state index contributed by atoms with van der Waals surface area (Å²) >= 11 is 1.73. The average molecular weight is 241 g/mol. The molecule has 0 saturated heterocycles. The van der Waals surface area contributed by atoms with Gasteiger partial charge < -0.3 is 5.32 Å². The summed E-state index contributed by atoms with van der Waals surface area (Å²) in [6.45, 7) is 12.9. The van der Waals surface area contributed by atoms with Crippen molar-refractivity contribution in [3.63, 3.8) is 0 Å². The molecule has 0 aliphatic heterocycles. The van der Waals surface area contributed by atoms with Crippen LogP contribution in [0.1, 0.15) is 51.1 Å². The molecule has 0 aliphatic rings. The minimum Gasteiger partial charge on any atom is -0.310 e. The molecule has 1 aromatic heterocycles. The summed E-state index contributed by atoms with van der Waals surface area (Å²) in [5.41, 5.74) is 0.161. The number of hydrogen-bond acceptors (Lipinski definition) is 4. The van der Waals surface area contributed by atoms with Crippen LogP contribution in [0.2, 0.25) is 0 Å². The van der Waals surface area contributed by atoms with Crippen molar-refractivity contribution in [2.45, 2.75) is 53.0 Å². The Kier molecular flexibility index (Phi) is 4.87. The molecule has 0 amide bonds. The Morgan fingerprint density at radius 2 is 2.00 bits per heavy atom. The predicted octanol–water partition coefficient (Wildman–Crippen LogP) is 2.97. The Labute approximate surface area is 103 Å². The number of rotatable bonds is 6. The molecule has 1 aromatic rings. The average Bonchev–Trinajstić information content (AvgIpc) is 2.66. The molecule has 16 heavy (non-hydrogen) atoms. The fourth-order valence-electron chi connectivity index (χ4n) is 1.22. The number of aromatic nitrogens is 2. The molecule has 0 radical (unpaired) electrons. The zero-order chi connectivity index (χ0) is 12.2. The van der Waals surface area contributed by atoms with E-state index in [2.05, 4.69) is 50.1 Å². The zero-order valence-electron chi connectivity index (χ0n) is 11.0. The highest BCUT2D eigenvalue weighted by atomic mass is 32.1. The minimum atomic E-state index is 0.161. The standard InChI is InChI=1S/C12H23N3S/c1-6-12(4,5)11-15-14-10(16-11)8-13-7-9(2)3/h9,13H,6-8H2,1-5H3. The number of nitrogens with zero attached hydrogens (tertiary/aromatic N) is 2. The largest absolute Gasteiger partial charge is 0.310 e. The van der Waals surface area contributed by atoms with Gasteiger partial charge in [0.05, 0.1) is 0 Å². The topological polar surface area (TPSA) is 37.8 Å². The lowest BCUT2D eigenvalue weighted by Gasteiger charge is -2.17. The van der Waals surface area contributed by atoms with Crippen LogP contribution in [0, 0.1) is 5.92 Å². The lowest BCUT2D eigenvalue weighted by Crippen LogP contribution is -2.18. The summed E-state index contributed by atoms with van der Waals surface area (Å²) in [4.78, 5) is 0. The molecule has 0 aromatic carbocycles. The van der Waals surface area contributed by atoms with E-state index in [0.717, 1.165) is 29.5 Å². The van der Waals surface area contributed by atoms with Gasteiger partial charge >= 0.3 is 0 Å². The molecule has 0 fully saturated rings. The maximum atomic E-state index is 4.28. The highest BCUT2D eigenvalue weighted by Crippen LogP contribution is 2.28. The van der Waals surface area contributed by atoms with Gasteiger partial charge in [0, 0.05) is 12.0 Å². The normalized spacial score (nSPS) is 12.4. The van der Waals surface area contributed by atoms with E-state index in [1.54, 1.807) is 11.3 Å². The predicted molar refractivity (Wildman–Crippen MR) is 69.8 cm³/mol. The summed E-state index contributed by atoms with van der Waals surface area (Å²) in [5, 5.41) is 14.2. The Bertz CT molecular complexity index is 318. The van der Waals surface area contributed by atoms with Gasteiger partial charge in [-0.15, -0.1) is 10.2 Å². The lowest BCUT2D eigenvalue weighted by atomic mass is 9.91. The van der Waals surface area contributed by atoms with Crippen molar-refractivity contribution in [1.82, 2.24) is 15.5 Å². The van der Waals surface area contributed by atoms with E-state index in [1.807, 2.05) is 0 Å². The van der Waals surface area contributed by atoms with Crippen molar-refractivity contribution in [2.24, 2.45) is 5.92 Å². The van der Waals surface area contributed by atoms with Gasteiger partial charge in [-0.25, -0.2) is 0 Å². The molecule has 0 atom stereocenters. The first-order valence-electron chi connectivity index (χ1n) is 5.99. The summed E-state index contributed by atoms with van der Waals surface area (Å²) < 4.78 is 0. The van der Waals surface area contributed by atoms with Gasteiger partial charge in [-0.2, -0.15) is 0 Å². The molecular formula is C12H23N3S. The summed E-state index contributed by atoms with van der Waals surface area (Å²) in [6.07, 6.45) is 1.10. The highest BCUT2D eigenvalue weighted by Gasteiger charge is 2.22. The van der Waals surface area contributed by atoms with Crippen molar-refractivity contribution in [3.05, 3.63) is 10.0 Å². The van der Waals surface area contributed by atoms with Crippen LogP contribution in [0.4, 0.5) is 0 Å². The third-order valence-electron chi connectivity index (χ3n) is 2.76. The zero-order valence-corrected chi connectivity index (χ0v) is 11.8. The van der Waals surface area contributed by atoms with Gasteiger partial charge in [0.2, 0.25) is 0 Å². The first kappa shape index (κ1) is 13.6. The van der Waals surface area contributed by atoms with E-state index in [1.165, 1.54) is 0 Å². The van der Waals surface area contributed by atoms with Crippen molar-refractivity contribution in [2.75, 3.05) is 6.54 Å². The fraction of sp³-hybridized carbons (Fsp3) is 0.833. The minimum absolute atomic E-state index is 0.161. The maximum Gasteiger partial charge on any atom is 0.131 e. The van der Waals surface area contributed by atoms with E-state index < -0.39 is 0 Å². The highest BCUT2D eigenvalue weighted by molar-refractivity contribution is 7.11. The van der Waals surface area contributed by atoms with Gasteiger partial charge in [-0.1, -0.05) is 46.0 Å². The summed E-state index contributed by atoms with van der Waals surface area (Å²) in [5.74, 6) is 0.680. The third-order valence-corrected chi connectivity index (χ3v) is 4.05. The molecule has 0 bridgehead atoms. The van der Waals surface area contributed by atoms with Crippen LogP contribution in [0.5, 0.6) is 0 Å². The molecule has 1 rings (SSSR count). The first-order valence-corrected chi connectivity index (χ1v) is 6.81. The van der Waals surface area contributed by atoms with Crippen molar-refractivity contribution in [3.8, 4) is 0 Å². The Morgan fingerprint density at radius 1 is 1.31 bits per heavy atom. The van der Waals surface area contributed by atoms with Crippen molar-refractivity contribution in [1.29, 1.82) is 0 Å². The second-order valence-electron chi connectivity index (χ2n) is 5.26. The fourth-order valence-corrected chi connectivity index (χ4v) is 2.20. The number of hydrogen-bond donors (Lipinski definition) is 1. The molecule has 1 heterocycles. The molecule has 0 spiro atoms. The maximum absolute atomic E-state index is 4.28. The smallest absolute Gasteiger partial charge is 0.131 e. The molecule has 0 unspecified atom stereocenters. The quantitative estimate of drug-likeness (QED) is 0.832. The Morgan fingerprint density at radius 3 is 2.56 bits per heavy atom. The number of nitrogens with one attached hydrogen (secondary N) is 1. The lowest BCUT2D eigenvalue weighted by molar-refractivity contribution is 0.498. The summed E-state index contributed by atoms with van der Waals surface area (Å²) in [7, 11) is 0. The summed E-state index contributed by atoms with van der Waals surface area (Å²) in [6, 6.07) is 0. The van der Waals surface area contributed by atoms with Crippen LogP contribution in [-0.2, 0) is 12.0 Å². The van der Waals surface area contributed by atoms with Crippen molar-refractivity contribution < 1.29 is 0 Å². The molecular weight excluding hydrogens is 218 g/mol. The first-order chi connectivity index (χ1) is 7.45. The van der Waals surface area contributed by atoms with E-state index >= 15 is 0 Å². The van der Waals surface area contributed by atoms with E-state index in [-0.39, 0.29) is 5.41 Å². The Balaban J connectivity index is 2.52. The van der Waals surface area contributed by atoms with E-state index in [4.69, 9.17) is 0 Å². The molecule has 0 aliphatic carbocycles. The van der Waals surface area contributed by atoms with Gasteiger partial charge in [-0.05, 0) is 18.9 Å². The Hall–Kier alpha value is -0.480. The van der Waals surface area contributed by atoms with Gasteiger partial charge in [-0.3, -0.25) is 0 Å². The second-order valence-corrected chi connectivity index (χ2v) is 6.33. The van der Waals surface area contributed by atoms with Crippen LogP contribution in [0.25, 0.3) is 0 Å². The van der Waals surface area contributed by atoms with Gasteiger partial charge in [0.1, 0.15) is 10.0 Å². The third kappa shape index (κ3) is 3.83. The van der Waals surface area contributed by atoms with Crippen LogP contribution < -0.4 is 5.32 Å². The van der Waals surface area contributed by atoms with Crippen LogP contribution >= 0.6 is 11.3 Å². The molecule has 1 N–H and O–H groups in total. The molecule has 4 heteroatoms. The van der Waals surface area contributed by atoms with Gasteiger partial charge in [0.25, 0.3) is 0 Å². The monoisotopic (exact) mass is 241 g/mol. The second kappa shape index (κ2) is 5.73. The van der Waals surface area contributed by atoms with Crippen molar-refractivity contribution >= 4 is 11.3 Å². The van der Waals surface area contributed by atoms with Gasteiger partial charge in [0.15, 0.2) is 0 Å². The van der Waals surface area contributed by atoms with Crippen LogP contribution in [0.15, 0.2) is 0 Å². The molecule has 0 saturated carbocycles. The van der Waals surface area contributed by atoms with E-state index in [9.17, 15) is 0 Å².